The second-order valence-corrected chi connectivity index (χ2v) is 5.75. The summed E-state index contributed by atoms with van der Waals surface area (Å²) in [5.41, 5.74) is 2.33. The van der Waals surface area contributed by atoms with Crippen LogP contribution < -0.4 is 10.6 Å². The van der Waals surface area contributed by atoms with Crippen LogP contribution in [0.2, 0.25) is 0 Å². The van der Waals surface area contributed by atoms with Gasteiger partial charge in [0.2, 0.25) is 5.91 Å². The van der Waals surface area contributed by atoms with Gasteiger partial charge in [0, 0.05) is 16.9 Å². The molecule has 0 bridgehead atoms. The van der Waals surface area contributed by atoms with Gasteiger partial charge in [-0.2, -0.15) is 0 Å². The highest BCUT2D eigenvalue weighted by Gasteiger charge is 2.08. The molecule has 2 N–H and O–H groups in total. The van der Waals surface area contributed by atoms with Gasteiger partial charge in [-0.1, -0.05) is 36.4 Å². The number of carbonyl (C=O) groups excluding carboxylic acids is 2. The van der Waals surface area contributed by atoms with E-state index in [0.29, 0.717) is 16.9 Å². The molecule has 4 nitrogen and oxygen atoms in total. The molecule has 3 aromatic carbocycles. The molecule has 0 unspecified atom stereocenters. The lowest BCUT2D eigenvalue weighted by molar-refractivity contribution is -0.115. The summed E-state index contributed by atoms with van der Waals surface area (Å²) in [4.78, 5) is 24.2. The molecule has 0 aliphatic rings. The number of halogens is 1. The van der Waals surface area contributed by atoms with Crippen molar-refractivity contribution in [3.63, 3.8) is 0 Å². The van der Waals surface area contributed by atoms with Crippen molar-refractivity contribution >= 4 is 23.2 Å². The summed E-state index contributed by atoms with van der Waals surface area (Å²) in [5.74, 6) is -0.898. The van der Waals surface area contributed by atoms with Crippen LogP contribution in [-0.2, 0) is 11.2 Å². The van der Waals surface area contributed by atoms with Crippen molar-refractivity contribution in [1.29, 1.82) is 0 Å². The van der Waals surface area contributed by atoms with Crippen molar-refractivity contribution in [2.75, 3.05) is 10.6 Å². The monoisotopic (exact) mass is 348 g/mol. The summed E-state index contributed by atoms with van der Waals surface area (Å²) in [5, 5.41) is 5.42. The minimum absolute atomic E-state index is 0.131. The topological polar surface area (TPSA) is 58.2 Å². The molecular weight excluding hydrogens is 331 g/mol. The third-order valence-electron chi connectivity index (χ3n) is 3.72. The van der Waals surface area contributed by atoms with E-state index in [4.69, 9.17) is 0 Å². The molecule has 0 spiro atoms. The van der Waals surface area contributed by atoms with E-state index in [1.165, 1.54) is 18.2 Å². The summed E-state index contributed by atoms with van der Waals surface area (Å²) in [7, 11) is 0. The van der Waals surface area contributed by atoms with E-state index >= 15 is 0 Å². The molecule has 0 aromatic heterocycles. The van der Waals surface area contributed by atoms with Crippen molar-refractivity contribution in [3.05, 3.63) is 95.8 Å². The average Bonchev–Trinajstić information content (AvgIpc) is 2.63. The highest BCUT2D eigenvalue weighted by Crippen LogP contribution is 2.14. The zero-order valence-electron chi connectivity index (χ0n) is 13.9. The number of amides is 2. The fourth-order valence-electron chi connectivity index (χ4n) is 2.46. The Kier molecular flexibility index (Phi) is 5.39. The molecule has 0 saturated heterocycles. The van der Waals surface area contributed by atoms with Gasteiger partial charge in [0.1, 0.15) is 5.82 Å². The zero-order valence-corrected chi connectivity index (χ0v) is 13.9. The second kappa shape index (κ2) is 8.07. The molecule has 0 aliphatic carbocycles. The van der Waals surface area contributed by atoms with Gasteiger partial charge in [-0.25, -0.2) is 4.39 Å². The highest BCUT2D eigenvalue weighted by molar-refractivity contribution is 6.04. The van der Waals surface area contributed by atoms with Gasteiger partial charge in [0.25, 0.3) is 5.91 Å². The van der Waals surface area contributed by atoms with E-state index in [1.54, 1.807) is 30.3 Å². The Bertz CT molecular complexity index is 909. The largest absolute Gasteiger partial charge is 0.326 e. The fraction of sp³-hybridized carbons (Fsp3) is 0.0476. The van der Waals surface area contributed by atoms with E-state index in [1.807, 2.05) is 30.3 Å². The molecule has 3 rings (SSSR count). The maximum Gasteiger partial charge on any atom is 0.255 e. The molecule has 26 heavy (non-hydrogen) atoms. The summed E-state index contributed by atoms with van der Waals surface area (Å²) in [6.07, 6.45) is 0.280. The fourth-order valence-corrected chi connectivity index (χ4v) is 2.46. The van der Waals surface area contributed by atoms with Crippen LogP contribution in [0.15, 0.2) is 78.9 Å². The Morgan fingerprint density at radius 3 is 2.19 bits per heavy atom. The Balaban J connectivity index is 1.59. The van der Waals surface area contributed by atoms with Crippen LogP contribution in [0.5, 0.6) is 0 Å². The smallest absolute Gasteiger partial charge is 0.255 e. The van der Waals surface area contributed by atoms with Gasteiger partial charge in [0.15, 0.2) is 0 Å². The molecule has 0 heterocycles. The van der Waals surface area contributed by atoms with Crippen LogP contribution >= 0.6 is 0 Å². The van der Waals surface area contributed by atoms with Gasteiger partial charge in [-0.05, 0) is 48.0 Å². The average molecular weight is 348 g/mol. The summed E-state index contributed by atoms with van der Waals surface area (Å²) in [6, 6.07) is 21.7. The number of carbonyl (C=O) groups is 2. The summed E-state index contributed by atoms with van der Waals surface area (Å²) < 4.78 is 13.2. The first-order valence-corrected chi connectivity index (χ1v) is 8.11. The van der Waals surface area contributed by atoms with E-state index in [9.17, 15) is 14.0 Å². The Morgan fingerprint density at radius 2 is 1.50 bits per heavy atom. The molecule has 3 aromatic rings. The molecule has 0 saturated carbocycles. The van der Waals surface area contributed by atoms with E-state index in [-0.39, 0.29) is 18.2 Å². The molecule has 0 radical (unpaired) electrons. The minimum Gasteiger partial charge on any atom is -0.326 e. The minimum atomic E-state index is -0.417. The van der Waals surface area contributed by atoms with E-state index in [2.05, 4.69) is 10.6 Å². The molecule has 0 fully saturated rings. The Labute approximate surface area is 150 Å². The number of benzene rings is 3. The Hall–Kier alpha value is -3.47. The first kappa shape index (κ1) is 17.4. The molecular formula is C21H17FN2O2. The van der Waals surface area contributed by atoms with Crippen LogP contribution in [0.1, 0.15) is 15.9 Å². The van der Waals surface area contributed by atoms with Gasteiger partial charge < -0.3 is 10.6 Å². The standard InChI is InChI=1S/C21H17FN2O2/c22-17-7-4-8-19(14-17)24-21(26)16-9-11-18(12-10-16)23-20(25)13-15-5-2-1-3-6-15/h1-12,14H,13H2,(H,23,25)(H,24,26). The molecule has 5 heteroatoms. The molecule has 0 atom stereocenters. The highest BCUT2D eigenvalue weighted by atomic mass is 19.1. The number of nitrogens with one attached hydrogen (secondary N) is 2. The SMILES string of the molecule is O=C(Cc1ccccc1)Nc1ccc(C(=O)Nc2cccc(F)c2)cc1. The van der Waals surface area contributed by atoms with Crippen molar-refractivity contribution < 1.29 is 14.0 Å². The number of anilines is 2. The quantitative estimate of drug-likeness (QED) is 0.724. The second-order valence-electron chi connectivity index (χ2n) is 5.75. The summed E-state index contributed by atoms with van der Waals surface area (Å²) >= 11 is 0. The maximum atomic E-state index is 13.2. The third kappa shape index (κ3) is 4.77. The summed E-state index contributed by atoms with van der Waals surface area (Å²) in [6.45, 7) is 0. The lowest BCUT2D eigenvalue weighted by atomic mass is 10.1. The van der Waals surface area contributed by atoms with Gasteiger partial charge in [0.05, 0.1) is 6.42 Å². The van der Waals surface area contributed by atoms with Crippen LogP contribution in [0.25, 0.3) is 0 Å². The predicted octanol–water partition coefficient (Wildman–Crippen LogP) is 4.26. The van der Waals surface area contributed by atoms with E-state index < -0.39 is 5.82 Å². The molecule has 2 amide bonds. The molecule has 130 valence electrons. The number of hydrogen-bond donors (Lipinski definition) is 2. The Morgan fingerprint density at radius 1 is 0.769 bits per heavy atom. The normalized spacial score (nSPS) is 10.2. The first-order chi connectivity index (χ1) is 12.6. The van der Waals surface area contributed by atoms with E-state index in [0.717, 1.165) is 5.56 Å². The van der Waals surface area contributed by atoms with Gasteiger partial charge >= 0.3 is 0 Å². The lowest BCUT2D eigenvalue weighted by Crippen LogP contribution is -2.15. The lowest BCUT2D eigenvalue weighted by Gasteiger charge is -2.08. The zero-order chi connectivity index (χ0) is 18.4. The number of hydrogen-bond acceptors (Lipinski definition) is 2. The van der Waals surface area contributed by atoms with Crippen LogP contribution in [0.4, 0.5) is 15.8 Å². The number of rotatable bonds is 5. The molecule has 0 aliphatic heterocycles. The van der Waals surface area contributed by atoms with Gasteiger partial charge in [-0.3, -0.25) is 9.59 Å². The third-order valence-corrected chi connectivity index (χ3v) is 3.72. The van der Waals surface area contributed by atoms with Gasteiger partial charge in [-0.15, -0.1) is 0 Å². The predicted molar refractivity (Wildman–Crippen MR) is 99.6 cm³/mol. The van der Waals surface area contributed by atoms with Crippen molar-refractivity contribution in [1.82, 2.24) is 0 Å². The van der Waals surface area contributed by atoms with Crippen LogP contribution in [-0.4, -0.2) is 11.8 Å². The van der Waals surface area contributed by atoms with Crippen molar-refractivity contribution in [2.24, 2.45) is 0 Å². The van der Waals surface area contributed by atoms with Crippen molar-refractivity contribution in [2.45, 2.75) is 6.42 Å². The first-order valence-electron chi connectivity index (χ1n) is 8.11. The van der Waals surface area contributed by atoms with Crippen LogP contribution in [0, 0.1) is 5.82 Å². The van der Waals surface area contributed by atoms with Crippen molar-refractivity contribution in [3.8, 4) is 0 Å². The maximum absolute atomic E-state index is 13.2. The van der Waals surface area contributed by atoms with Crippen LogP contribution in [0.3, 0.4) is 0 Å².